The molecule has 1 atom stereocenters. The van der Waals surface area contributed by atoms with E-state index in [1.54, 1.807) is 10.9 Å². The van der Waals surface area contributed by atoms with Crippen molar-refractivity contribution in [3.05, 3.63) is 51.3 Å². The van der Waals surface area contributed by atoms with Gasteiger partial charge in [0.1, 0.15) is 6.10 Å². The number of hydrogen-bond donors (Lipinski definition) is 1. The largest absolute Gasteiger partial charge is 0.382 e. The van der Waals surface area contributed by atoms with Gasteiger partial charge in [0.2, 0.25) is 0 Å². The van der Waals surface area contributed by atoms with Gasteiger partial charge in [-0.2, -0.15) is 5.10 Å². The van der Waals surface area contributed by atoms with Gasteiger partial charge in [0.25, 0.3) is 0 Å². The molecular weight excluding hydrogens is 280 g/mol. The first-order valence-corrected chi connectivity index (χ1v) is 6.22. The minimum atomic E-state index is -0.655. The van der Waals surface area contributed by atoms with E-state index in [4.69, 9.17) is 0 Å². The summed E-state index contributed by atoms with van der Waals surface area (Å²) in [6.45, 7) is 4.05. The number of rotatable bonds is 2. The monoisotopic (exact) mass is 294 g/mol. The Morgan fingerprint density at radius 3 is 2.59 bits per heavy atom. The lowest BCUT2D eigenvalue weighted by Crippen LogP contribution is -2.08. The number of benzene rings is 1. The molecule has 17 heavy (non-hydrogen) atoms. The molecule has 1 unspecified atom stereocenters. The van der Waals surface area contributed by atoms with Crippen molar-refractivity contribution < 1.29 is 5.11 Å². The fourth-order valence-electron chi connectivity index (χ4n) is 2.01. The maximum atomic E-state index is 10.4. The molecule has 0 saturated carbocycles. The zero-order chi connectivity index (χ0) is 12.6. The Balaban J connectivity index is 2.47. The van der Waals surface area contributed by atoms with E-state index in [9.17, 15) is 5.11 Å². The van der Waals surface area contributed by atoms with E-state index in [0.29, 0.717) is 0 Å². The second-order valence-corrected chi connectivity index (χ2v) is 5.12. The molecule has 4 heteroatoms. The maximum Gasteiger partial charge on any atom is 0.122 e. The topological polar surface area (TPSA) is 38.1 Å². The Bertz CT molecular complexity index is 529. The summed E-state index contributed by atoms with van der Waals surface area (Å²) in [5.41, 5.74) is 3.98. The van der Waals surface area contributed by atoms with Crippen molar-refractivity contribution in [1.82, 2.24) is 9.78 Å². The molecule has 2 rings (SSSR count). The molecule has 0 aliphatic carbocycles. The molecule has 1 heterocycles. The summed E-state index contributed by atoms with van der Waals surface area (Å²) in [4.78, 5) is 0. The zero-order valence-electron chi connectivity index (χ0n) is 10.1. The summed E-state index contributed by atoms with van der Waals surface area (Å²) in [6, 6.07) is 6.05. The van der Waals surface area contributed by atoms with E-state index in [2.05, 4.69) is 27.1 Å². The molecule has 0 bridgehead atoms. The van der Waals surface area contributed by atoms with Crippen LogP contribution in [0, 0.1) is 13.8 Å². The lowest BCUT2D eigenvalue weighted by molar-refractivity contribution is 0.208. The Hall–Kier alpha value is -1.13. The van der Waals surface area contributed by atoms with Crippen LogP contribution >= 0.6 is 15.9 Å². The van der Waals surface area contributed by atoms with E-state index in [0.717, 1.165) is 21.3 Å². The molecule has 2 aromatic rings. The van der Waals surface area contributed by atoms with E-state index in [1.807, 2.05) is 33.0 Å². The molecule has 3 nitrogen and oxygen atoms in total. The summed E-state index contributed by atoms with van der Waals surface area (Å²) < 4.78 is 2.51. The third-order valence-electron chi connectivity index (χ3n) is 2.92. The predicted octanol–water partition coefficient (Wildman–Crippen LogP) is 2.88. The Kier molecular flexibility index (Phi) is 3.35. The fourth-order valence-corrected chi connectivity index (χ4v) is 2.57. The molecule has 0 fully saturated rings. The zero-order valence-corrected chi connectivity index (χ0v) is 11.7. The lowest BCUT2D eigenvalue weighted by atomic mass is 9.99. The van der Waals surface area contributed by atoms with Crippen molar-refractivity contribution in [3.63, 3.8) is 0 Å². The normalized spacial score (nSPS) is 12.8. The fraction of sp³-hybridized carbons (Fsp3) is 0.308. The highest BCUT2D eigenvalue weighted by Crippen LogP contribution is 2.29. The number of aliphatic hydroxyl groups is 1. The summed E-state index contributed by atoms with van der Waals surface area (Å²) in [7, 11) is 1.83. The van der Waals surface area contributed by atoms with Gasteiger partial charge >= 0.3 is 0 Å². The first-order chi connectivity index (χ1) is 8.00. The molecule has 0 spiro atoms. The average Bonchev–Trinajstić information content (AvgIpc) is 2.58. The Morgan fingerprint density at radius 2 is 2.06 bits per heavy atom. The second-order valence-electron chi connectivity index (χ2n) is 4.26. The number of nitrogens with zero attached hydrogens (tertiary/aromatic N) is 2. The highest BCUT2D eigenvalue weighted by atomic mass is 79.9. The standard InChI is InChI=1S/C13H15BrN2O/c1-8-4-5-10(9(2)6-8)13(17)12-11(14)7-15-16(12)3/h4-7,13,17H,1-3H3. The van der Waals surface area contributed by atoms with Crippen LogP contribution in [0.2, 0.25) is 0 Å². The van der Waals surface area contributed by atoms with Crippen molar-refractivity contribution in [3.8, 4) is 0 Å². The van der Waals surface area contributed by atoms with Gasteiger partial charge in [-0.05, 0) is 40.9 Å². The van der Waals surface area contributed by atoms with E-state index < -0.39 is 6.10 Å². The second kappa shape index (κ2) is 4.63. The van der Waals surface area contributed by atoms with Crippen LogP contribution in [0.25, 0.3) is 0 Å². The molecule has 0 saturated heterocycles. The Morgan fingerprint density at radius 1 is 1.35 bits per heavy atom. The van der Waals surface area contributed by atoms with Crippen LogP contribution in [0.3, 0.4) is 0 Å². The van der Waals surface area contributed by atoms with Crippen molar-refractivity contribution in [2.75, 3.05) is 0 Å². The number of hydrogen-bond acceptors (Lipinski definition) is 2. The number of aryl methyl sites for hydroxylation is 3. The summed E-state index contributed by atoms with van der Waals surface area (Å²) in [5, 5.41) is 14.5. The lowest BCUT2D eigenvalue weighted by Gasteiger charge is -2.15. The van der Waals surface area contributed by atoms with Gasteiger partial charge in [-0.25, -0.2) is 0 Å². The number of aliphatic hydroxyl groups excluding tert-OH is 1. The SMILES string of the molecule is Cc1ccc(C(O)c2c(Br)cnn2C)c(C)c1. The van der Waals surface area contributed by atoms with Gasteiger partial charge in [-0.15, -0.1) is 0 Å². The molecule has 1 N–H and O–H groups in total. The minimum Gasteiger partial charge on any atom is -0.382 e. The van der Waals surface area contributed by atoms with Gasteiger partial charge in [0.15, 0.2) is 0 Å². The smallest absolute Gasteiger partial charge is 0.122 e. The van der Waals surface area contributed by atoms with Crippen LogP contribution in [-0.4, -0.2) is 14.9 Å². The third-order valence-corrected chi connectivity index (χ3v) is 3.53. The third kappa shape index (κ3) is 2.28. The summed E-state index contributed by atoms with van der Waals surface area (Å²) in [5.74, 6) is 0. The van der Waals surface area contributed by atoms with Crippen LogP contribution < -0.4 is 0 Å². The van der Waals surface area contributed by atoms with Crippen LogP contribution in [0.1, 0.15) is 28.5 Å². The summed E-state index contributed by atoms with van der Waals surface area (Å²) >= 11 is 3.41. The van der Waals surface area contributed by atoms with Gasteiger partial charge in [0.05, 0.1) is 16.4 Å². The highest BCUT2D eigenvalue weighted by Gasteiger charge is 2.19. The molecular formula is C13H15BrN2O. The minimum absolute atomic E-state index is 0.655. The van der Waals surface area contributed by atoms with E-state index in [-0.39, 0.29) is 0 Å². The summed E-state index contributed by atoms with van der Waals surface area (Å²) in [6.07, 6.45) is 1.04. The average molecular weight is 295 g/mol. The molecule has 0 amide bonds. The molecule has 0 aliphatic heterocycles. The van der Waals surface area contributed by atoms with Crippen LogP contribution in [-0.2, 0) is 7.05 Å². The predicted molar refractivity (Wildman–Crippen MR) is 70.9 cm³/mol. The van der Waals surface area contributed by atoms with Gasteiger partial charge in [-0.3, -0.25) is 4.68 Å². The molecule has 1 aromatic heterocycles. The van der Waals surface area contributed by atoms with Crippen molar-refractivity contribution in [1.29, 1.82) is 0 Å². The Labute approximate surface area is 109 Å². The maximum absolute atomic E-state index is 10.4. The molecule has 1 aromatic carbocycles. The quantitative estimate of drug-likeness (QED) is 0.925. The van der Waals surface area contributed by atoms with E-state index in [1.165, 1.54) is 5.56 Å². The first kappa shape index (κ1) is 12.3. The van der Waals surface area contributed by atoms with Gasteiger partial charge in [-0.1, -0.05) is 23.8 Å². The van der Waals surface area contributed by atoms with Crippen LogP contribution in [0.4, 0.5) is 0 Å². The van der Waals surface area contributed by atoms with Gasteiger partial charge in [0, 0.05) is 7.05 Å². The van der Waals surface area contributed by atoms with Crippen molar-refractivity contribution >= 4 is 15.9 Å². The van der Waals surface area contributed by atoms with Crippen molar-refractivity contribution in [2.45, 2.75) is 20.0 Å². The highest BCUT2D eigenvalue weighted by molar-refractivity contribution is 9.10. The van der Waals surface area contributed by atoms with Gasteiger partial charge < -0.3 is 5.11 Å². The first-order valence-electron chi connectivity index (χ1n) is 5.43. The van der Waals surface area contributed by atoms with Crippen LogP contribution in [0.5, 0.6) is 0 Å². The van der Waals surface area contributed by atoms with Crippen molar-refractivity contribution in [2.24, 2.45) is 7.05 Å². The number of aromatic nitrogens is 2. The van der Waals surface area contributed by atoms with E-state index >= 15 is 0 Å². The molecule has 90 valence electrons. The van der Waals surface area contributed by atoms with Crippen LogP contribution in [0.15, 0.2) is 28.9 Å². The molecule has 0 aliphatic rings. The number of halogens is 1. The molecule has 0 radical (unpaired) electrons.